The van der Waals surface area contributed by atoms with Gasteiger partial charge in [-0.3, -0.25) is 0 Å². The fourth-order valence-corrected chi connectivity index (χ4v) is 2.73. The van der Waals surface area contributed by atoms with Gasteiger partial charge >= 0.3 is 6.03 Å². The van der Waals surface area contributed by atoms with Crippen LogP contribution in [0.4, 0.5) is 20.6 Å². The molecule has 0 bridgehead atoms. The molecule has 0 spiro atoms. The van der Waals surface area contributed by atoms with Crippen LogP contribution in [0.1, 0.15) is 5.56 Å². The Labute approximate surface area is 151 Å². The summed E-state index contributed by atoms with van der Waals surface area (Å²) in [5.41, 5.74) is 3.21. The smallest absolute Gasteiger partial charge is 0.323 e. The molecule has 0 saturated heterocycles. The number of carbonyl (C=O) groups is 1. The number of rotatable bonds is 5. The first-order valence-electron chi connectivity index (χ1n) is 8.29. The number of para-hydroxylation sites is 1. The Bertz CT molecular complexity index is 912. The van der Waals surface area contributed by atoms with Crippen LogP contribution in [-0.2, 0) is 6.42 Å². The normalized spacial score (nSPS) is 10.4. The Morgan fingerprint density at radius 2 is 1.69 bits per heavy atom. The molecule has 0 fully saturated rings. The molecule has 3 aromatic rings. The van der Waals surface area contributed by atoms with E-state index in [9.17, 15) is 9.18 Å². The summed E-state index contributed by atoms with van der Waals surface area (Å²) in [6.45, 7) is 0.00496. The van der Waals surface area contributed by atoms with Gasteiger partial charge in [0.25, 0.3) is 0 Å². The second-order valence-corrected chi connectivity index (χ2v) is 5.77. The number of nitrogens with one attached hydrogen (secondary N) is 2. The van der Waals surface area contributed by atoms with Gasteiger partial charge in [-0.1, -0.05) is 48.5 Å². The number of halogens is 1. The van der Waals surface area contributed by atoms with Gasteiger partial charge < -0.3 is 15.7 Å². The van der Waals surface area contributed by atoms with Crippen molar-refractivity contribution in [2.75, 3.05) is 17.2 Å². The lowest BCUT2D eigenvalue weighted by atomic mass is 10.0. The minimum absolute atomic E-state index is 0.00496. The molecule has 0 aromatic heterocycles. The third kappa shape index (κ3) is 4.26. The Morgan fingerprint density at radius 3 is 2.50 bits per heavy atom. The third-order valence-electron chi connectivity index (χ3n) is 3.95. The van der Waals surface area contributed by atoms with Gasteiger partial charge in [-0.25, -0.2) is 9.18 Å². The molecule has 0 heterocycles. The van der Waals surface area contributed by atoms with E-state index < -0.39 is 6.03 Å². The predicted octanol–water partition coefficient (Wildman–Crippen LogP) is 4.67. The van der Waals surface area contributed by atoms with Crippen molar-refractivity contribution in [3.8, 4) is 11.1 Å². The van der Waals surface area contributed by atoms with Gasteiger partial charge in [0, 0.05) is 23.5 Å². The minimum Gasteiger partial charge on any atom is -0.396 e. The van der Waals surface area contributed by atoms with Crippen molar-refractivity contribution in [1.29, 1.82) is 0 Å². The highest BCUT2D eigenvalue weighted by Gasteiger charge is 2.08. The molecule has 3 N–H and O–H groups in total. The fraction of sp³-hybridized carbons (Fsp3) is 0.0952. The summed E-state index contributed by atoms with van der Waals surface area (Å²) < 4.78 is 14.0. The average Bonchev–Trinajstić information content (AvgIpc) is 2.64. The van der Waals surface area contributed by atoms with Gasteiger partial charge in [0.2, 0.25) is 0 Å². The summed E-state index contributed by atoms with van der Waals surface area (Å²) in [6.07, 6.45) is 0.458. The number of anilines is 2. The van der Waals surface area contributed by atoms with Gasteiger partial charge in [-0.2, -0.15) is 0 Å². The first kappa shape index (κ1) is 17.6. The van der Waals surface area contributed by atoms with E-state index in [1.165, 1.54) is 6.07 Å². The highest BCUT2D eigenvalue weighted by atomic mass is 19.1. The van der Waals surface area contributed by atoms with E-state index in [0.717, 1.165) is 5.56 Å². The summed E-state index contributed by atoms with van der Waals surface area (Å²) in [5.74, 6) is -0.313. The number of benzene rings is 3. The molecule has 0 aliphatic carbocycles. The van der Waals surface area contributed by atoms with Crippen molar-refractivity contribution in [3.63, 3.8) is 0 Å². The van der Waals surface area contributed by atoms with E-state index >= 15 is 0 Å². The largest absolute Gasteiger partial charge is 0.396 e. The van der Waals surface area contributed by atoms with Crippen molar-refractivity contribution in [2.45, 2.75) is 6.42 Å². The summed E-state index contributed by atoms with van der Waals surface area (Å²) >= 11 is 0. The van der Waals surface area contributed by atoms with Gasteiger partial charge in [0.1, 0.15) is 5.82 Å². The first-order chi connectivity index (χ1) is 12.7. The Hall–Kier alpha value is -3.18. The van der Waals surface area contributed by atoms with E-state index in [0.29, 0.717) is 28.9 Å². The van der Waals surface area contributed by atoms with Crippen LogP contribution in [-0.4, -0.2) is 17.7 Å². The molecular weight excluding hydrogens is 331 g/mol. The monoisotopic (exact) mass is 350 g/mol. The topological polar surface area (TPSA) is 61.4 Å². The standard InChI is InChI=1S/C21H19FN2O2/c22-19-10-3-2-9-18(19)16-7-5-8-17(14-16)23-21(26)24-20-11-4-1-6-15(20)12-13-25/h1-11,14,25H,12-13H2,(H2,23,24,26). The highest BCUT2D eigenvalue weighted by Crippen LogP contribution is 2.25. The molecule has 4 nitrogen and oxygen atoms in total. The van der Waals surface area contributed by atoms with E-state index in [1.807, 2.05) is 18.2 Å². The number of amides is 2. The van der Waals surface area contributed by atoms with Crippen LogP contribution in [0.2, 0.25) is 0 Å². The lowest BCUT2D eigenvalue weighted by Gasteiger charge is -2.12. The van der Waals surface area contributed by atoms with Crippen molar-refractivity contribution in [2.24, 2.45) is 0 Å². The first-order valence-corrected chi connectivity index (χ1v) is 8.29. The molecule has 0 saturated carbocycles. The molecule has 3 rings (SSSR count). The zero-order valence-corrected chi connectivity index (χ0v) is 14.1. The molecule has 0 radical (unpaired) electrons. The summed E-state index contributed by atoms with van der Waals surface area (Å²) in [7, 11) is 0. The van der Waals surface area contributed by atoms with Crippen LogP contribution in [0.15, 0.2) is 72.8 Å². The van der Waals surface area contributed by atoms with Crippen LogP contribution >= 0.6 is 0 Å². The van der Waals surface area contributed by atoms with Crippen LogP contribution in [0.5, 0.6) is 0 Å². The van der Waals surface area contributed by atoms with Crippen molar-refractivity contribution in [3.05, 3.63) is 84.2 Å². The highest BCUT2D eigenvalue weighted by molar-refractivity contribution is 6.00. The Balaban J connectivity index is 1.75. The second-order valence-electron chi connectivity index (χ2n) is 5.77. The lowest BCUT2D eigenvalue weighted by Crippen LogP contribution is -2.20. The Morgan fingerprint density at radius 1 is 0.923 bits per heavy atom. The molecule has 0 aliphatic heterocycles. The SMILES string of the molecule is O=C(Nc1cccc(-c2ccccc2F)c1)Nc1ccccc1CCO. The number of hydrogen-bond donors (Lipinski definition) is 3. The van der Waals surface area contributed by atoms with Crippen LogP contribution in [0.25, 0.3) is 11.1 Å². The maximum atomic E-state index is 14.0. The van der Waals surface area contributed by atoms with E-state index in [-0.39, 0.29) is 12.4 Å². The van der Waals surface area contributed by atoms with Crippen molar-refractivity contribution >= 4 is 17.4 Å². The predicted molar refractivity (Wildman–Crippen MR) is 102 cm³/mol. The molecule has 2 amide bonds. The number of carbonyl (C=O) groups excluding carboxylic acids is 1. The van der Waals surface area contributed by atoms with Gasteiger partial charge in [-0.15, -0.1) is 0 Å². The number of aliphatic hydroxyl groups excluding tert-OH is 1. The molecule has 0 unspecified atom stereocenters. The van der Waals surface area contributed by atoms with Crippen LogP contribution < -0.4 is 10.6 Å². The summed E-state index contributed by atoms with van der Waals surface area (Å²) in [6, 6.07) is 20.4. The van der Waals surface area contributed by atoms with E-state index in [1.54, 1.807) is 48.5 Å². The molecular formula is C21H19FN2O2. The fourth-order valence-electron chi connectivity index (χ4n) is 2.73. The zero-order valence-electron chi connectivity index (χ0n) is 14.1. The number of aliphatic hydroxyl groups is 1. The molecule has 5 heteroatoms. The maximum Gasteiger partial charge on any atom is 0.323 e. The minimum atomic E-state index is -0.402. The van der Waals surface area contributed by atoms with E-state index in [4.69, 9.17) is 5.11 Å². The van der Waals surface area contributed by atoms with Crippen molar-refractivity contribution < 1.29 is 14.3 Å². The van der Waals surface area contributed by atoms with Gasteiger partial charge in [0.05, 0.1) is 0 Å². The van der Waals surface area contributed by atoms with Crippen LogP contribution in [0, 0.1) is 5.82 Å². The molecule has 26 heavy (non-hydrogen) atoms. The van der Waals surface area contributed by atoms with Crippen LogP contribution in [0.3, 0.4) is 0 Å². The average molecular weight is 350 g/mol. The lowest BCUT2D eigenvalue weighted by molar-refractivity contribution is 0.262. The molecule has 3 aromatic carbocycles. The number of urea groups is 1. The maximum absolute atomic E-state index is 14.0. The van der Waals surface area contributed by atoms with Gasteiger partial charge in [-0.05, 0) is 41.8 Å². The summed E-state index contributed by atoms with van der Waals surface area (Å²) in [4.78, 5) is 12.3. The molecule has 0 atom stereocenters. The second kappa shape index (κ2) is 8.27. The van der Waals surface area contributed by atoms with E-state index in [2.05, 4.69) is 10.6 Å². The van der Waals surface area contributed by atoms with Crippen molar-refractivity contribution in [1.82, 2.24) is 0 Å². The zero-order chi connectivity index (χ0) is 18.4. The molecule has 0 aliphatic rings. The third-order valence-corrected chi connectivity index (χ3v) is 3.95. The Kier molecular flexibility index (Phi) is 5.61. The van der Waals surface area contributed by atoms with Gasteiger partial charge in [0.15, 0.2) is 0 Å². The quantitative estimate of drug-likeness (QED) is 0.626. The number of hydrogen-bond acceptors (Lipinski definition) is 2. The molecule has 132 valence electrons. The summed E-state index contributed by atoms with van der Waals surface area (Å²) in [5, 5.41) is 14.6.